The molecule has 5 nitrogen and oxygen atoms in total. The first-order valence-corrected chi connectivity index (χ1v) is 9.88. The molecule has 0 atom stereocenters. The Morgan fingerprint density at radius 1 is 1.04 bits per heavy atom. The van der Waals surface area contributed by atoms with Crippen molar-refractivity contribution in [2.75, 3.05) is 6.61 Å². The third-order valence-corrected chi connectivity index (χ3v) is 6.55. The number of nitrogens with zero attached hydrogens (tertiary/aromatic N) is 1. The number of benzene rings is 2. The number of rotatable bonds is 3. The van der Waals surface area contributed by atoms with Gasteiger partial charge in [-0.05, 0) is 33.9 Å². The first-order chi connectivity index (χ1) is 13.6. The number of aromatic carboxylic acids is 1. The van der Waals surface area contributed by atoms with Crippen molar-refractivity contribution in [3.63, 3.8) is 0 Å². The van der Waals surface area contributed by atoms with Gasteiger partial charge in [0.15, 0.2) is 0 Å². The van der Waals surface area contributed by atoms with Crippen LogP contribution in [0.4, 0.5) is 4.79 Å². The Morgan fingerprint density at radius 2 is 1.68 bits per heavy atom. The van der Waals surface area contributed by atoms with E-state index in [9.17, 15) is 9.59 Å². The largest absolute Gasteiger partial charge is 0.477 e. The predicted molar refractivity (Wildman–Crippen MR) is 106 cm³/mol. The Morgan fingerprint density at radius 3 is 2.29 bits per heavy atom. The number of carbonyl (C=O) groups excluding carboxylic acids is 1. The van der Waals surface area contributed by atoms with Crippen LogP contribution in [0.3, 0.4) is 0 Å². The van der Waals surface area contributed by atoms with Gasteiger partial charge in [0.2, 0.25) is 0 Å². The summed E-state index contributed by atoms with van der Waals surface area (Å²) in [6.07, 6.45) is -0.359. The highest BCUT2D eigenvalue weighted by Crippen LogP contribution is 2.44. The van der Waals surface area contributed by atoms with Crippen LogP contribution in [0.5, 0.6) is 0 Å². The van der Waals surface area contributed by atoms with E-state index in [2.05, 4.69) is 24.3 Å². The molecule has 140 valence electrons. The highest BCUT2D eigenvalue weighted by Gasteiger charge is 2.32. The number of hydrogen-bond acceptors (Lipinski definition) is 4. The lowest BCUT2D eigenvalue weighted by molar-refractivity contribution is 0.0702. The fourth-order valence-electron chi connectivity index (χ4n) is 4.09. The maximum absolute atomic E-state index is 12.6. The molecule has 2 aliphatic rings. The second-order valence-electron chi connectivity index (χ2n) is 7.02. The summed E-state index contributed by atoms with van der Waals surface area (Å²) in [5.41, 5.74) is 5.66. The maximum Gasteiger partial charge on any atom is 0.410 e. The molecule has 5 rings (SSSR count). The lowest BCUT2D eigenvalue weighted by atomic mass is 9.98. The lowest BCUT2D eigenvalue weighted by Gasteiger charge is -2.19. The number of amides is 1. The standard InChI is InChI=1S/C22H17NO4S/c24-21(25)19-9-13-10-23(11-20(13)28-19)22(26)27-12-18-16-7-3-1-5-14(16)15-6-2-4-8-17(15)18/h1-9,18H,10-12H2,(H,24,25). The van der Waals surface area contributed by atoms with Crippen LogP contribution in [0.15, 0.2) is 54.6 Å². The Kier molecular flexibility index (Phi) is 3.94. The second-order valence-corrected chi connectivity index (χ2v) is 8.16. The number of carbonyl (C=O) groups is 2. The molecule has 1 N–H and O–H groups in total. The van der Waals surface area contributed by atoms with Crippen molar-refractivity contribution in [1.82, 2.24) is 4.90 Å². The summed E-state index contributed by atoms with van der Waals surface area (Å²) >= 11 is 1.23. The number of carboxylic acid groups (broad SMARTS) is 1. The van der Waals surface area contributed by atoms with E-state index < -0.39 is 5.97 Å². The summed E-state index contributed by atoms with van der Waals surface area (Å²) in [7, 11) is 0. The van der Waals surface area contributed by atoms with Gasteiger partial charge in [0.1, 0.15) is 11.5 Å². The number of hydrogen-bond donors (Lipinski definition) is 1. The summed E-state index contributed by atoms with van der Waals surface area (Å²) in [6, 6.07) is 18.1. The zero-order valence-corrected chi connectivity index (χ0v) is 15.7. The van der Waals surface area contributed by atoms with Gasteiger partial charge in [-0.1, -0.05) is 48.5 Å². The van der Waals surface area contributed by atoms with Crippen molar-refractivity contribution >= 4 is 23.4 Å². The molecule has 1 aliphatic heterocycles. The number of fused-ring (bicyclic) bond motifs is 4. The van der Waals surface area contributed by atoms with Crippen LogP contribution in [0, 0.1) is 0 Å². The van der Waals surface area contributed by atoms with E-state index in [4.69, 9.17) is 9.84 Å². The molecule has 6 heteroatoms. The Balaban J connectivity index is 1.30. The molecule has 0 fully saturated rings. The molecular weight excluding hydrogens is 374 g/mol. The molecule has 3 aromatic rings. The summed E-state index contributed by atoms with van der Waals surface area (Å²) in [4.78, 5) is 26.5. The zero-order chi connectivity index (χ0) is 19.3. The smallest absolute Gasteiger partial charge is 0.410 e. The number of carboxylic acids is 1. The third-order valence-electron chi connectivity index (χ3n) is 5.40. The van der Waals surface area contributed by atoms with E-state index in [1.807, 2.05) is 24.3 Å². The van der Waals surface area contributed by atoms with Gasteiger partial charge in [-0.15, -0.1) is 11.3 Å². The molecule has 2 aromatic carbocycles. The van der Waals surface area contributed by atoms with Gasteiger partial charge in [-0.2, -0.15) is 0 Å². The van der Waals surface area contributed by atoms with E-state index in [0.29, 0.717) is 18.0 Å². The molecule has 0 unspecified atom stereocenters. The van der Waals surface area contributed by atoms with Crippen molar-refractivity contribution in [2.45, 2.75) is 19.0 Å². The van der Waals surface area contributed by atoms with Crippen LogP contribution < -0.4 is 0 Å². The van der Waals surface area contributed by atoms with Crippen molar-refractivity contribution in [3.8, 4) is 11.1 Å². The average Bonchev–Trinajstić information content (AvgIpc) is 3.36. The van der Waals surface area contributed by atoms with E-state index in [-0.39, 0.29) is 18.6 Å². The fourth-order valence-corrected chi connectivity index (χ4v) is 5.12. The number of thiophene rings is 1. The highest BCUT2D eigenvalue weighted by molar-refractivity contribution is 7.14. The maximum atomic E-state index is 12.6. The quantitative estimate of drug-likeness (QED) is 0.702. The van der Waals surface area contributed by atoms with E-state index in [1.54, 1.807) is 11.0 Å². The molecule has 0 spiro atoms. The van der Waals surface area contributed by atoms with Crippen LogP contribution in [-0.4, -0.2) is 28.7 Å². The first-order valence-electron chi connectivity index (χ1n) is 9.06. The van der Waals surface area contributed by atoms with Crippen molar-refractivity contribution < 1.29 is 19.4 Å². The van der Waals surface area contributed by atoms with Crippen LogP contribution in [0.25, 0.3) is 11.1 Å². The normalized spacial score (nSPS) is 14.5. The molecule has 2 heterocycles. The van der Waals surface area contributed by atoms with Gasteiger partial charge >= 0.3 is 12.1 Å². The summed E-state index contributed by atoms with van der Waals surface area (Å²) in [6.45, 7) is 1.09. The molecular formula is C22H17NO4S. The molecule has 28 heavy (non-hydrogen) atoms. The van der Waals surface area contributed by atoms with Crippen LogP contribution in [0.1, 0.15) is 37.2 Å². The average molecular weight is 391 g/mol. The highest BCUT2D eigenvalue weighted by atomic mass is 32.1. The minimum atomic E-state index is -0.924. The topological polar surface area (TPSA) is 66.8 Å². The van der Waals surface area contributed by atoms with Crippen LogP contribution >= 0.6 is 11.3 Å². The Bertz CT molecular complexity index is 1030. The monoisotopic (exact) mass is 391 g/mol. The molecule has 1 aliphatic carbocycles. The number of ether oxygens (including phenoxy) is 1. The van der Waals surface area contributed by atoms with E-state index >= 15 is 0 Å². The second kappa shape index (κ2) is 6.49. The minimum Gasteiger partial charge on any atom is -0.477 e. The van der Waals surface area contributed by atoms with Crippen molar-refractivity contribution in [3.05, 3.63) is 81.0 Å². The first kappa shape index (κ1) is 17.0. The van der Waals surface area contributed by atoms with Crippen molar-refractivity contribution in [1.29, 1.82) is 0 Å². The summed E-state index contributed by atoms with van der Waals surface area (Å²) < 4.78 is 5.68. The van der Waals surface area contributed by atoms with Crippen LogP contribution in [0.2, 0.25) is 0 Å². The lowest BCUT2D eigenvalue weighted by Crippen LogP contribution is -2.27. The van der Waals surface area contributed by atoms with Gasteiger partial charge in [0.25, 0.3) is 0 Å². The van der Waals surface area contributed by atoms with Gasteiger partial charge in [0.05, 0.1) is 13.1 Å². The Labute approximate surface area is 165 Å². The van der Waals surface area contributed by atoms with Gasteiger partial charge in [-0.25, -0.2) is 9.59 Å². The van der Waals surface area contributed by atoms with E-state index in [1.165, 1.54) is 33.6 Å². The minimum absolute atomic E-state index is 0.0339. The van der Waals surface area contributed by atoms with Crippen molar-refractivity contribution in [2.24, 2.45) is 0 Å². The summed E-state index contributed by atoms with van der Waals surface area (Å²) in [5.74, 6) is -0.890. The van der Waals surface area contributed by atoms with Gasteiger partial charge in [0, 0.05) is 10.8 Å². The van der Waals surface area contributed by atoms with Crippen LogP contribution in [-0.2, 0) is 17.8 Å². The molecule has 1 amide bonds. The Hall–Kier alpha value is -3.12. The summed E-state index contributed by atoms with van der Waals surface area (Å²) in [5, 5.41) is 9.09. The predicted octanol–water partition coefficient (Wildman–Crippen LogP) is 4.71. The fraction of sp³-hybridized carbons (Fsp3) is 0.182. The molecule has 0 saturated carbocycles. The molecule has 0 bridgehead atoms. The third kappa shape index (κ3) is 2.68. The van der Waals surface area contributed by atoms with Gasteiger partial charge in [-0.3, -0.25) is 4.90 Å². The molecule has 0 saturated heterocycles. The van der Waals surface area contributed by atoms with E-state index in [0.717, 1.165) is 10.4 Å². The molecule has 1 aromatic heterocycles. The van der Waals surface area contributed by atoms with Gasteiger partial charge < -0.3 is 9.84 Å². The zero-order valence-electron chi connectivity index (χ0n) is 14.9. The SMILES string of the molecule is O=C(O)c1cc2c(s1)CN(C(=O)OCC1c3ccccc3-c3ccccc31)C2. The molecule has 0 radical (unpaired) electrons.